The summed E-state index contributed by atoms with van der Waals surface area (Å²) in [6, 6.07) is 8.66. The Morgan fingerprint density at radius 3 is 2.45 bits per heavy atom. The van der Waals surface area contributed by atoms with Gasteiger partial charge in [0.15, 0.2) is 0 Å². The van der Waals surface area contributed by atoms with E-state index in [9.17, 15) is 0 Å². The fourth-order valence-electron chi connectivity index (χ4n) is 3.69. The van der Waals surface area contributed by atoms with Crippen molar-refractivity contribution in [3.8, 4) is 0 Å². The van der Waals surface area contributed by atoms with Crippen LogP contribution in [0.25, 0.3) is 5.76 Å². The molecule has 2 fully saturated rings. The normalized spacial score (nSPS) is 19.4. The van der Waals surface area contributed by atoms with Crippen molar-refractivity contribution < 1.29 is 4.74 Å². The van der Waals surface area contributed by atoms with Crippen LogP contribution in [-0.2, 0) is 4.74 Å². The van der Waals surface area contributed by atoms with E-state index < -0.39 is 0 Å². The molecule has 2 nitrogen and oxygen atoms in total. The molecule has 2 aliphatic rings. The molecule has 0 unspecified atom stereocenters. The molecule has 0 radical (unpaired) electrons. The second kappa shape index (κ2) is 7.82. The van der Waals surface area contributed by atoms with E-state index in [-0.39, 0.29) is 0 Å². The van der Waals surface area contributed by atoms with Crippen LogP contribution in [0.2, 0.25) is 0 Å². The van der Waals surface area contributed by atoms with Gasteiger partial charge in [-0.05, 0) is 69.7 Å². The summed E-state index contributed by atoms with van der Waals surface area (Å²) < 4.78 is 6.33. The lowest BCUT2D eigenvalue weighted by atomic mass is 10.0. The van der Waals surface area contributed by atoms with Crippen LogP contribution in [0.4, 0.5) is 0 Å². The van der Waals surface area contributed by atoms with Gasteiger partial charge in [0.1, 0.15) is 12.4 Å². The van der Waals surface area contributed by atoms with E-state index in [2.05, 4.69) is 36.1 Å². The van der Waals surface area contributed by atoms with Crippen molar-refractivity contribution in [2.75, 3.05) is 26.2 Å². The molecule has 1 heterocycles. The van der Waals surface area contributed by atoms with Gasteiger partial charge in [-0.25, -0.2) is 0 Å². The molecule has 0 atom stereocenters. The Hall–Kier alpha value is -1.28. The van der Waals surface area contributed by atoms with Crippen molar-refractivity contribution >= 4 is 5.76 Å². The van der Waals surface area contributed by atoms with Gasteiger partial charge in [-0.3, -0.25) is 4.90 Å². The average molecular weight is 299 g/mol. The van der Waals surface area contributed by atoms with E-state index in [1.54, 1.807) is 0 Å². The summed E-state index contributed by atoms with van der Waals surface area (Å²) in [5.41, 5.74) is 4.17. The van der Waals surface area contributed by atoms with Gasteiger partial charge < -0.3 is 4.74 Å². The summed E-state index contributed by atoms with van der Waals surface area (Å²) in [4.78, 5) is 2.55. The number of allylic oxidation sites excluding steroid dienone is 1. The van der Waals surface area contributed by atoms with Crippen LogP contribution in [0.1, 0.15) is 56.1 Å². The van der Waals surface area contributed by atoms with Crippen LogP contribution in [0.5, 0.6) is 0 Å². The Morgan fingerprint density at radius 2 is 1.73 bits per heavy atom. The number of likely N-dealkylation sites (tertiary alicyclic amines) is 1. The van der Waals surface area contributed by atoms with Gasteiger partial charge in [-0.1, -0.05) is 30.7 Å². The standard InChI is InChI=1S/C20H29NO/c1-17-9-3-6-12-19(17)20(18-10-4-5-11-18)22-16-15-21-13-7-2-8-14-21/h3,6,9,12H,2,4-5,7-8,10-11,13-16H2,1H3. The van der Waals surface area contributed by atoms with Gasteiger partial charge >= 0.3 is 0 Å². The van der Waals surface area contributed by atoms with Crippen LogP contribution in [-0.4, -0.2) is 31.1 Å². The molecular weight excluding hydrogens is 270 g/mol. The summed E-state index contributed by atoms with van der Waals surface area (Å²) in [5.74, 6) is 1.19. The predicted molar refractivity (Wildman–Crippen MR) is 92.8 cm³/mol. The van der Waals surface area contributed by atoms with E-state index in [0.717, 1.165) is 13.2 Å². The number of rotatable bonds is 5. The smallest absolute Gasteiger partial charge is 0.126 e. The molecule has 0 aromatic heterocycles. The SMILES string of the molecule is Cc1ccccc1C(OCCN1CCCCC1)=C1CCCC1. The van der Waals surface area contributed by atoms with E-state index >= 15 is 0 Å². The molecule has 1 aliphatic carbocycles. The molecule has 1 aromatic rings. The first-order chi connectivity index (χ1) is 10.8. The van der Waals surface area contributed by atoms with Gasteiger partial charge in [0.25, 0.3) is 0 Å². The second-order valence-corrected chi connectivity index (χ2v) is 6.71. The van der Waals surface area contributed by atoms with Gasteiger partial charge in [-0.15, -0.1) is 0 Å². The Morgan fingerprint density at radius 1 is 1.00 bits per heavy atom. The zero-order valence-corrected chi connectivity index (χ0v) is 13.9. The zero-order valence-electron chi connectivity index (χ0n) is 13.9. The minimum absolute atomic E-state index is 0.827. The lowest BCUT2D eigenvalue weighted by molar-refractivity contribution is 0.169. The predicted octanol–water partition coefficient (Wildman–Crippen LogP) is 4.78. The minimum Gasteiger partial charge on any atom is -0.492 e. The van der Waals surface area contributed by atoms with E-state index in [1.807, 2.05) is 0 Å². The molecular formula is C20H29NO. The molecule has 2 heteroatoms. The number of ether oxygens (including phenoxy) is 1. The maximum absolute atomic E-state index is 6.33. The number of benzene rings is 1. The highest BCUT2D eigenvalue weighted by Crippen LogP contribution is 2.33. The molecule has 0 N–H and O–H groups in total. The van der Waals surface area contributed by atoms with Gasteiger partial charge in [0.2, 0.25) is 0 Å². The van der Waals surface area contributed by atoms with E-state index in [1.165, 1.54) is 80.5 Å². The van der Waals surface area contributed by atoms with Crippen LogP contribution < -0.4 is 0 Å². The summed E-state index contributed by atoms with van der Waals surface area (Å²) in [6.45, 7) is 6.59. The topological polar surface area (TPSA) is 12.5 Å². The average Bonchev–Trinajstić information content (AvgIpc) is 3.08. The summed E-state index contributed by atoms with van der Waals surface area (Å²) >= 11 is 0. The highest BCUT2D eigenvalue weighted by atomic mass is 16.5. The Kier molecular flexibility index (Phi) is 5.55. The molecule has 1 saturated heterocycles. The number of piperidine rings is 1. The highest BCUT2D eigenvalue weighted by molar-refractivity contribution is 5.66. The second-order valence-electron chi connectivity index (χ2n) is 6.71. The Labute approximate surface area is 135 Å². The van der Waals surface area contributed by atoms with Crippen molar-refractivity contribution in [2.24, 2.45) is 0 Å². The zero-order chi connectivity index (χ0) is 15.2. The van der Waals surface area contributed by atoms with Gasteiger partial charge in [0, 0.05) is 12.1 Å². The first kappa shape index (κ1) is 15.6. The molecule has 3 rings (SSSR count). The molecule has 0 spiro atoms. The van der Waals surface area contributed by atoms with Gasteiger partial charge in [0.05, 0.1) is 0 Å². The molecule has 0 bridgehead atoms. The maximum Gasteiger partial charge on any atom is 0.126 e. The van der Waals surface area contributed by atoms with Crippen molar-refractivity contribution in [1.29, 1.82) is 0 Å². The quantitative estimate of drug-likeness (QED) is 0.725. The maximum atomic E-state index is 6.33. The van der Waals surface area contributed by atoms with Crippen molar-refractivity contribution in [2.45, 2.75) is 51.9 Å². The minimum atomic E-state index is 0.827. The third-order valence-electron chi connectivity index (χ3n) is 5.02. The van der Waals surface area contributed by atoms with E-state index in [4.69, 9.17) is 4.74 Å². The highest BCUT2D eigenvalue weighted by Gasteiger charge is 2.17. The number of hydrogen-bond acceptors (Lipinski definition) is 2. The molecule has 0 amide bonds. The molecule has 1 aliphatic heterocycles. The van der Waals surface area contributed by atoms with Crippen molar-refractivity contribution in [3.63, 3.8) is 0 Å². The van der Waals surface area contributed by atoms with Crippen molar-refractivity contribution in [3.05, 3.63) is 41.0 Å². The number of hydrogen-bond donors (Lipinski definition) is 0. The molecule has 1 aromatic carbocycles. The number of aryl methyl sites for hydroxylation is 1. The summed E-state index contributed by atoms with van der Waals surface area (Å²) in [6.07, 6.45) is 9.18. The largest absolute Gasteiger partial charge is 0.492 e. The third kappa shape index (κ3) is 3.92. The Balaban J connectivity index is 1.67. The molecule has 120 valence electrons. The monoisotopic (exact) mass is 299 g/mol. The van der Waals surface area contributed by atoms with E-state index in [0.29, 0.717) is 0 Å². The van der Waals surface area contributed by atoms with Crippen LogP contribution in [0, 0.1) is 6.92 Å². The first-order valence-electron chi connectivity index (χ1n) is 8.98. The summed E-state index contributed by atoms with van der Waals surface area (Å²) in [5, 5.41) is 0. The van der Waals surface area contributed by atoms with Crippen molar-refractivity contribution in [1.82, 2.24) is 4.90 Å². The molecule has 1 saturated carbocycles. The number of nitrogens with zero attached hydrogens (tertiary/aromatic N) is 1. The van der Waals surface area contributed by atoms with Gasteiger partial charge in [-0.2, -0.15) is 0 Å². The Bertz CT molecular complexity index is 506. The first-order valence-corrected chi connectivity index (χ1v) is 8.98. The molecule has 22 heavy (non-hydrogen) atoms. The van der Waals surface area contributed by atoms with Crippen LogP contribution in [0.3, 0.4) is 0 Å². The lowest BCUT2D eigenvalue weighted by Crippen LogP contribution is -2.32. The lowest BCUT2D eigenvalue weighted by Gasteiger charge is -2.26. The van der Waals surface area contributed by atoms with Crippen LogP contribution >= 0.6 is 0 Å². The summed E-state index contributed by atoms with van der Waals surface area (Å²) in [7, 11) is 0. The third-order valence-corrected chi connectivity index (χ3v) is 5.02. The fourth-order valence-corrected chi connectivity index (χ4v) is 3.69. The van der Waals surface area contributed by atoms with Crippen LogP contribution in [0.15, 0.2) is 29.8 Å². The fraction of sp³-hybridized carbons (Fsp3) is 0.600.